The molecule has 1 saturated carbocycles. The molecule has 0 atom stereocenters. The minimum atomic E-state index is -3.92. The number of rotatable bonds is 4. The molecule has 2 aromatic heterocycles. The molecule has 1 fully saturated rings. The number of nitrogens with two attached hydrogens (primary N) is 1. The minimum Gasteiger partial charge on any atom is -0.473 e. The van der Waals surface area contributed by atoms with E-state index in [-0.39, 0.29) is 58.2 Å². The van der Waals surface area contributed by atoms with Crippen LogP contribution in [0.15, 0.2) is 46.5 Å². The molecule has 0 aliphatic heterocycles. The van der Waals surface area contributed by atoms with Gasteiger partial charge < -0.3 is 15.5 Å². The molecule has 1 aromatic carbocycles. The molecule has 3 N–H and O–H groups in total. The lowest BCUT2D eigenvalue weighted by Gasteiger charge is -2.28. The highest BCUT2D eigenvalue weighted by Gasteiger charge is 2.36. The van der Waals surface area contributed by atoms with E-state index >= 15 is 0 Å². The van der Waals surface area contributed by atoms with Gasteiger partial charge in [-0.3, -0.25) is 0 Å². The number of nitrogen functional groups attached to an aromatic ring is 1. The number of aromatic nitrogens is 3. The number of hydrogen-bond donors (Lipinski definition) is 2. The van der Waals surface area contributed by atoms with E-state index in [2.05, 4.69) is 15.0 Å². The molecule has 0 spiro atoms. The Morgan fingerprint density at radius 3 is 2.50 bits per heavy atom. The SMILES string of the molecule is Nc1[nH]c2c(OC3CCC(F)(F)CC3)ncnc2c1S(=O)(=O)c1ccccc1. The van der Waals surface area contributed by atoms with Gasteiger partial charge in [0, 0.05) is 12.8 Å². The molecule has 3 aromatic rings. The van der Waals surface area contributed by atoms with Gasteiger partial charge in [0.25, 0.3) is 0 Å². The van der Waals surface area contributed by atoms with Crippen LogP contribution < -0.4 is 10.5 Å². The second-order valence-electron chi connectivity index (χ2n) is 6.76. The van der Waals surface area contributed by atoms with Crippen LogP contribution in [-0.4, -0.2) is 35.4 Å². The Labute approximate surface area is 159 Å². The predicted molar refractivity (Wildman–Crippen MR) is 98.0 cm³/mol. The zero-order chi connectivity index (χ0) is 19.9. The fourth-order valence-corrected chi connectivity index (χ4v) is 4.84. The molecule has 2 heterocycles. The van der Waals surface area contributed by atoms with Crippen molar-refractivity contribution < 1.29 is 21.9 Å². The van der Waals surface area contributed by atoms with Crippen LogP contribution in [0.5, 0.6) is 5.88 Å². The molecule has 0 unspecified atom stereocenters. The van der Waals surface area contributed by atoms with Crippen LogP contribution in [-0.2, 0) is 9.84 Å². The first-order valence-electron chi connectivity index (χ1n) is 8.75. The van der Waals surface area contributed by atoms with Crippen molar-refractivity contribution in [3.05, 3.63) is 36.7 Å². The van der Waals surface area contributed by atoms with Crippen LogP contribution in [0.1, 0.15) is 25.7 Å². The number of fused-ring (bicyclic) bond motifs is 1. The largest absolute Gasteiger partial charge is 0.473 e. The Balaban J connectivity index is 1.72. The predicted octanol–water partition coefficient (Wildman–Crippen LogP) is 3.33. The third kappa shape index (κ3) is 3.28. The molecule has 0 amide bonds. The highest BCUT2D eigenvalue weighted by atomic mass is 32.2. The van der Waals surface area contributed by atoms with Crippen LogP contribution in [0.4, 0.5) is 14.6 Å². The van der Waals surface area contributed by atoms with Crippen molar-refractivity contribution in [1.82, 2.24) is 15.0 Å². The standard InChI is InChI=1S/C18H18F2N4O3S/c19-18(20)8-6-11(7-9-18)27-17-14-13(22-10-23-17)15(16(21)24-14)28(25,26)12-4-2-1-3-5-12/h1-5,10-11,24H,6-9,21H2. The number of aromatic amines is 1. The Bertz CT molecular complexity index is 1110. The molecule has 10 heteroatoms. The van der Waals surface area contributed by atoms with Crippen molar-refractivity contribution in [3.8, 4) is 5.88 Å². The molecular formula is C18H18F2N4O3S. The van der Waals surface area contributed by atoms with Gasteiger partial charge in [0.2, 0.25) is 21.6 Å². The summed E-state index contributed by atoms with van der Waals surface area (Å²) in [6, 6.07) is 7.86. The number of sulfone groups is 1. The summed E-state index contributed by atoms with van der Waals surface area (Å²) in [5.41, 5.74) is 6.29. The van der Waals surface area contributed by atoms with Crippen LogP contribution in [0.2, 0.25) is 0 Å². The lowest BCUT2D eigenvalue weighted by atomic mass is 9.94. The van der Waals surface area contributed by atoms with Gasteiger partial charge >= 0.3 is 0 Å². The van der Waals surface area contributed by atoms with E-state index in [4.69, 9.17) is 10.5 Å². The monoisotopic (exact) mass is 408 g/mol. The maximum atomic E-state index is 13.3. The fourth-order valence-electron chi connectivity index (χ4n) is 3.34. The van der Waals surface area contributed by atoms with E-state index in [0.29, 0.717) is 0 Å². The van der Waals surface area contributed by atoms with E-state index in [1.54, 1.807) is 18.2 Å². The first kappa shape index (κ1) is 18.6. The van der Waals surface area contributed by atoms with E-state index in [1.165, 1.54) is 18.5 Å². The van der Waals surface area contributed by atoms with Crippen molar-refractivity contribution in [2.24, 2.45) is 0 Å². The number of nitrogens with one attached hydrogen (secondary N) is 1. The number of nitrogens with zero attached hydrogens (tertiary/aromatic N) is 2. The molecule has 148 valence electrons. The van der Waals surface area contributed by atoms with E-state index in [9.17, 15) is 17.2 Å². The third-order valence-electron chi connectivity index (χ3n) is 4.80. The van der Waals surface area contributed by atoms with Crippen molar-refractivity contribution >= 4 is 26.7 Å². The van der Waals surface area contributed by atoms with Gasteiger partial charge in [0.1, 0.15) is 34.2 Å². The zero-order valence-electron chi connectivity index (χ0n) is 14.7. The van der Waals surface area contributed by atoms with Crippen LogP contribution in [0, 0.1) is 0 Å². The lowest BCUT2D eigenvalue weighted by Crippen LogP contribution is -2.31. The summed E-state index contributed by atoms with van der Waals surface area (Å²) < 4.78 is 58.5. The number of halogens is 2. The summed E-state index contributed by atoms with van der Waals surface area (Å²) >= 11 is 0. The number of ether oxygens (including phenoxy) is 1. The summed E-state index contributed by atoms with van der Waals surface area (Å²) in [5.74, 6) is -2.66. The zero-order valence-corrected chi connectivity index (χ0v) is 15.5. The highest BCUT2D eigenvalue weighted by Crippen LogP contribution is 2.38. The van der Waals surface area contributed by atoms with Gasteiger partial charge in [-0.05, 0) is 25.0 Å². The molecule has 1 aliphatic carbocycles. The van der Waals surface area contributed by atoms with Crippen molar-refractivity contribution in [2.45, 2.75) is 47.5 Å². The summed E-state index contributed by atoms with van der Waals surface area (Å²) in [6.07, 6.45) is 0.593. The van der Waals surface area contributed by atoms with E-state index in [1.807, 2.05) is 0 Å². The summed E-state index contributed by atoms with van der Waals surface area (Å²) in [7, 11) is -3.92. The molecular weight excluding hydrogens is 390 g/mol. The third-order valence-corrected chi connectivity index (χ3v) is 6.64. The van der Waals surface area contributed by atoms with Gasteiger partial charge in [-0.25, -0.2) is 22.2 Å². The first-order chi connectivity index (χ1) is 13.3. The van der Waals surface area contributed by atoms with Gasteiger partial charge in [0.15, 0.2) is 0 Å². The average Bonchev–Trinajstić information content (AvgIpc) is 3.02. The van der Waals surface area contributed by atoms with Crippen LogP contribution in [0.25, 0.3) is 11.0 Å². The Morgan fingerprint density at radius 2 is 1.82 bits per heavy atom. The summed E-state index contributed by atoms with van der Waals surface area (Å²) in [4.78, 5) is 10.8. The molecule has 0 saturated heterocycles. The fraction of sp³-hybridized carbons (Fsp3) is 0.333. The van der Waals surface area contributed by atoms with Crippen LogP contribution >= 0.6 is 0 Å². The van der Waals surface area contributed by atoms with Crippen molar-refractivity contribution in [2.75, 3.05) is 5.73 Å². The van der Waals surface area contributed by atoms with Crippen molar-refractivity contribution in [3.63, 3.8) is 0 Å². The number of anilines is 1. The molecule has 1 aliphatic rings. The van der Waals surface area contributed by atoms with Gasteiger partial charge in [-0.1, -0.05) is 18.2 Å². The minimum absolute atomic E-state index is 0.0817. The van der Waals surface area contributed by atoms with Gasteiger partial charge in [0.05, 0.1) is 4.90 Å². The van der Waals surface area contributed by atoms with E-state index < -0.39 is 21.9 Å². The summed E-state index contributed by atoms with van der Waals surface area (Å²) in [6.45, 7) is 0. The second kappa shape index (κ2) is 6.69. The van der Waals surface area contributed by atoms with E-state index in [0.717, 1.165) is 0 Å². The average molecular weight is 408 g/mol. The number of benzene rings is 1. The normalized spacial score (nSPS) is 17.6. The molecule has 7 nitrogen and oxygen atoms in total. The molecule has 28 heavy (non-hydrogen) atoms. The smallest absolute Gasteiger partial charge is 0.248 e. The topological polar surface area (TPSA) is 111 Å². The number of alkyl halides is 2. The van der Waals surface area contributed by atoms with Gasteiger partial charge in [-0.2, -0.15) is 4.98 Å². The Kier molecular flexibility index (Phi) is 4.45. The highest BCUT2D eigenvalue weighted by molar-refractivity contribution is 7.92. The maximum absolute atomic E-state index is 13.3. The van der Waals surface area contributed by atoms with Crippen molar-refractivity contribution in [1.29, 1.82) is 0 Å². The lowest BCUT2D eigenvalue weighted by molar-refractivity contribution is -0.0586. The molecule has 0 radical (unpaired) electrons. The number of hydrogen-bond acceptors (Lipinski definition) is 6. The second-order valence-corrected chi connectivity index (χ2v) is 8.65. The maximum Gasteiger partial charge on any atom is 0.248 e. The summed E-state index contributed by atoms with van der Waals surface area (Å²) in [5, 5.41) is 0. The molecule has 4 rings (SSSR count). The molecule has 0 bridgehead atoms. The first-order valence-corrected chi connectivity index (χ1v) is 10.2. The van der Waals surface area contributed by atoms with Gasteiger partial charge in [-0.15, -0.1) is 0 Å². The Hall–Kier alpha value is -2.75. The van der Waals surface area contributed by atoms with Crippen LogP contribution in [0.3, 0.4) is 0 Å². The Morgan fingerprint density at radius 1 is 1.14 bits per heavy atom. The quantitative estimate of drug-likeness (QED) is 0.685. The number of H-pyrrole nitrogens is 1.